The molecular formula is C7H14N2O. The molecular weight excluding hydrogens is 128 g/mol. The standard InChI is InChI=1S/C7H14N2O/c1-9-4-6-2-8-3-7(5-9)10-6/h6-8H,2-5H2,1H3. The molecule has 0 amide bonds. The van der Waals surface area contributed by atoms with Crippen LogP contribution in [-0.2, 0) is 4.74 Å². The van der Waals surface area contributed by atoms with Gasteiger partial charge in [-0.25, -0.2) is 0 Å². The zero-order valence-electron chi connectivity index (χ0n) is 6.34. The van der Waals surface area contributed by atoms with Gasteiger partial charge in [-0.2, -0.15) is 0 Å². The largest absolute Gasteiger partial charge is 0.370 e. The Balaban J connectivity index is 1.98. The molecule has 0 saturated carbocycles. The van der Waals surface area contributed by atoms with Crippen LogP contribution in [0.5, 0.6) is 0 Å². The molecule has 2 saturated heterocycles. The lowest BCUT2D eigenvalue weighted by Crippen LogP contribution is -2.57. The summed E-state index contributed by atoms with van der Waals surface area (Å²) in [7, 11) is 2.16. The smallest absolute Gasteiger partial charge is 0.0831 e. The van der Waals surface area contributed by atoms with E-state index in [-0.39, 0.29) is 0 Å². The van der Waals surface area contributed by atoms with Gasteiger partial charge in [-0.05, 0) is 7.05 Å². The summed E-state index contributed by atoms with van der Waals surface area (Å²) in [5.41, 5.74) is 0. The summed E-state index contributed by atoms with van der Waals surface area (Å²) in [6.07, 6.45) is 0.884. The average Bonchev–Trinajstić information content (AvgIpc) is 1.85. The Morgan fingerprint density at radius 2 is 1.90 bits per heavy atom. The molecule has 2 aliphatic heterocycles. The van der Waals surface area contributed by atoms with Crippen LogP contribution in [0, 0.1) is 0 Å². The van der Waals surface area contributed by atoms with E-state index in [1.54, 1.807) is 0 Å². The van der Waals surface area contributed by atoms with Crippen LogP contribution in [0.3, 0.4) is 0 Å². The van der Waals surface area contributed by atoms with Gasteiger partial charge in [-0.1, -0.05) is 0 Å². The fraction of sp³-hybridized carbons (Fsp3) is 1.00. The summed E-state index contributed by atoms with van der Waals surface area (Å²) in [5, 5.41) is 3.36. The molecule has 2 unspecified atom stereocenters. The Labute approximate surface area is 61.3 Å². The third-order valence-corrected chi connectivity index (χ3v) is 2.16. The zero-order chi connectivity index (χ0) is 6.97. The van der Waals surface area contributed by atoms with Gasteiger partial charge < -0.3 is 15.0 Å². The van der Waals surface area contributed by atoms with Crippen molar-refractivity contribution in [1.82, 2.24) is 10.2 Å². The van der Waals surface area contributed by atoms with Crippen LogP contribution >= 0.6 is 0 Å². The molecule has 2 fully saturated rings. The first kappa shape index (κ1) is 6.58. The molecule has 2 bridgehead atoms. The van der Waals surface area contributed by atoms with Crippen molar-refractivity contribution < 1.29 is 4.74 Å². The first-order valence-corrected chi connectivity index (χ1v) is 3.89. The molecule has 2 aliphatic rings. The Morgan fingerprint density at radius 1 is 1.30 bits per heavy atom. The van der Waals surface area contributed by atoms with Crippen LogP contribution in [0.4, 0.5) is 0 Å². The first-order valence-electron chi connectivity index (χ1n) is 3.89. The summed E-state index contributed by atoms with van der Waals surface area (Å²) < 4.78 is 5.69. The summed E-state index contributed by atoms with van der Waals surface area (Å²) in [6, 6.07) is 0. The van der Waals surface area contributed by atoms with E-state index in [9.17, 15) is 0 Å². The highest BCUT2D eigenvalue weighted by molar-refractivity contribution is 4.83. The molecule has 0 aromatic rings. The monoisotopic (exact) mass is 142 g/mol. The minimum Gasteiger partial charge on any atom is -0.370 e. The number of hydrogen-bond acceptors (Lipinski definition) is 3. The van der Waals surface area contributed by atoms with E-state index < -0.39 is 0 Å². The van der Waals surface area contributed by atoms with E-state index in [0.29, 0.717) is 12.2 Å². The fourth-order valence-electron chi connectivity index (χ4n) is 1.76. The Hall–Kier alpha value is -0.120. The van der Waals surface area contributed by atoms with Crippen molar-refractivity contribution in [3.05, 3.63) is 0 Å². The van der Waals surface area contributed by atoms with Crippen LogP contribution in [-0.4, -0.2) is 50.3 Å². The Bertz CT molecular complexity index is 113. The molecule has 0 aromatic heterocycles. The maximum Gasteiger partial charge on any atom is 0.0831 e. The first-order chi connectivity index (χ1) is 4.84. The predicted molar refractivity (Wildman–Crippen MR) is 39.0 cm³/mol. The second kappa shape index (κ2) is 2.49. The number of morpholine rings is 2. The number of hydrogen-bond donors (Lipinski definition) is 1. The van der Waals surface area contributed by atoms with E-state index in [1.165, 1.54) is 0 Å². The van der Waals surface area contributed by atoms with Crippen molar-refractivity contribution in [2.45, 2.75) is 12.2 Å². The molecule has 0 radical (unpaired) electrons. The highest BCUT2D eigenvalue weighted by Crippen LogP contribution is 2.11. The minimum absolute atomic E-state index is 0.442. The van der Waals surface area contributed by atoms with Gasteiger partial charge in [-0.3, -0.25) is 0 Å². The quantitative estimate of drug-likeness (QED) is 0.483. The van der Waals surface area contributed by atoms with E-state index in [2.05, 4.69) is 17.3 Å². The van der Waals surface area contributed by atoms with Crippen molar-refractivity contribution in [2.24, 2.45) is 0 Å². The third kappa shape index (κ3) is 1.17. The minimum atomic E-state index is 0.442. The molecule has 10 heavy (non-hydrogen) atoms. The summed E-state index contributed by atoms with van der Waals surface area (Å²) in [4.78, 5) is 2.35. The molecule has 3 nitrogen and oxygen atoms in total. The fourth-order valence-corrected chi connectivity index (χ4v) is 1.76. The van der Waals surface area contributed by atoms with E-state index in [4.69, 9.17) is 4.74 Å². The summed E-state index contributed by atoms with van der Waals surface area (Å²) >= 11 is 0. The summed E-state index contributed by atoms with van der Waals surface area (Å²) in [5.74, 6) is 0. The predicted octanol–water partition coefficient (Wildman–Crippen LogP) is -0.711. The number of nitrogens with zero attached hydrogens (tertiary/aromatic N) is 1. The van der Waals surface area contributed by atoms with Crippen LogP contribution in [0.15, 0.2) is 0 Å². The Morgan fingerprint density at radius 3 is 2.50 bits per heavy atom. The van der Waals surface area contributed by atoms with Gasteiger partial charge in [0, 0.05) is 26.2 Å². The molecule has 1 N–H and O–H groups in total. The topological polar surface area (TPSA) is 24.5 Å². The van der Waals surface area contributed by atoms with Crippen LogP contribution < -0.4 is 5.32 Å². The van der Waals surface area contributed by atoms with Gasteiger partial charge in [0.2, 0.25) is 0 Å². The lowest BCUT2D eigenvalue weighted by atomic mass is 10.1. The van der Waals surface area contributed by atoms with E-state index in [1.807, 2.05) is 0 Å². The molecule has 2 heterocycles. The van der Waals surface area contributed by atoms with Crippen LogP contribution in [0.25, 0.3) is 0 Å². The lowest BCUT2D eigenvalue weighted by Gasteiger charge is -2.40. The van der Waals surface area contributed by atoms with Gasteiger partial charge in [0.15, 0.2) is 0 Å². The summed E-state index contributed by atoms with van der Waals surface area (Å²) in [6.45, 7) is 4.23. The maximum absolute atomic E-state index is 5.69. The number of ether oxygens (including phenoxy) is 1. The number of rotatable bonds is 0. The van der Waals surface area contributed by atoms with Gasteiger partial charge in [0.05, 0.1) is 12.2 Å². The zero-order valence-corrected chi connectivity index (χ0v) is 6.34. The number of fused-ring (bicyclic) bond motifs is 2. The van der Waals surface area contributed by atoms with Crippen LogP contribution in [0.2, 0.25) is 0 Å². The third-order valence-electron chi connectivity index (χ3n) is 2.16. The molecule has 58 valence electrons. The molecule has 0 aliphatic carbocycles. The van der Waals surface area contributed by atoms with Crippen molar-refractivity contribution in [2.75, 3.05) is 33.2 Å². The second-order valence-electron chi connectivity index (χ2n) is 3.26. The lowest BCUT2D eigenvalue weighted by molar-refractivity contribution is -0.0962. The van der Waals surface area contributed by atoms with E-state index >= 15 is 0 Å². The van der Waals surface area contributed by atoms with Crippen molar-refractivity contribution >= 4 is 0 Å². The van der Waals surface area contributed by atoms with Gasteiger partial charge in [0.25, 0.3) is 0 Å². The molecule has 2 rings (SSSR count). The normalized spacial score (nSPS) is 41.7. The molecule has 0 aromatic carbocycles. The number of likely N-dealkylation sites (N-methyl/N-ethyl adjacent to an activating group) is 1. The number of nitrogens with one attached hydrogen (secondary N) is 1. The van der Waals surface area contributed by atoms with E-state index in [0.717, 1.165) is 26.2 Å². The van der Waals surface area contributed by atoms with Crippen molar-refractivity contribution in [1.29, 1.82) is 0 Å². The Kier molecular flexibility index (Phi) is 1.64. The molecule has 2 atom stereocenters. The molecule has 3 heteroatoms. The SMILES string of the molecule is CN1CC2CNCC(C1)O2. The van der Waals surface area contributed by atoms with Gasteiger partial charge in [0.1, 0.15) is 0 Å². The molecule has 0 spiro atoms. The maximum atomic E-state index is 5.69. The van der Waals surface area contributed by atoms with Crippen LogP contribution in [0.1, 0.15) is 0 Å². The van der Waals surface area contributed by atoms with Gasteiger partial charge >= 0.3 is 0 Å². The van der Waals surface area contributed by atoms with Crippen molar-refractivity contribution in [3.8, 4) is 0 Å². The van der Waals surface area contributed by atoms with Gasteiger partial charge in [-0.15, -0.1) is 0 Å². The highest BCUT2D eigenvalue weighted by Gasteiger charge is 2.28. The van der Waals surface area contributed by atoms with Crippen molar-refractivity contribution in [3.63, 3.8) is 0 Å². The second-order valence-corrected chi connectivity index (χ2v) is 3.26. The highest BCUT2D eigenvalue weighted by atomic mass is 16.5. The average molecular weight is 142 g/mol.